The second-order valence-corrected chi connectivity index (χ2v) is 15.0. The summed E-state index contributed by atoms with van der Waals surface area (Å²) in [6.45, 7) is 17.6. The van der Waals surface area contributed by atoms with Crippen molar-refractivity contribution >= 4 is 11.9 Å². The molecule has 0 bridgehead atoms. The standard InChI is InChI=1S/C19H28O2.C18H26O2/c1-14-9-11-19(12-10-14,17(20)21-5)16-8-6-7-15(13-16)18(2,3)4;1-13-8-10-18(11-9-13,16(19)20)15-7-5-6-14(12-15)17(2,3)4/h6-8,13-14H,9-12H2,1-5H3;5-7,12-13H,8-11H2,1-4H3,(H,19,20). The first-order valence-corrected chi connectivity index (χ1v) is 15.6. The topological polar surface area (TPSA) is 63.6 Å². The van der Waals surface area contributed by atoms with Crippen molar-refractivity contribution in [2.45, 2.75) is 128 Å². The highest BCUT2D eigenvalue weighted by Gasteiger charge is 2.44. The molecule has 4 rings (SSSR count). The van der Waals surface area contributed by atoms with E-state index in [2.05, 4.69) is 91.8 Å². The maximum atomic E-state index is 12.5. The molecular weight excluding hydrogens is 508 g/mol. The molecule has 0 amide bonds. The molecule has 0 spiro atoms. The summed E-state index contributed by atoms with van der Waals surface area (Å²) in [4.78, 5) is 24.5. The van der Waals surface area contributed by atoms with E-state index in [0.29, 0.717) is 11.8 Å². The van der Waals surface area contributed by atoms with Crippen LogP contribution in [0.2, 0.25) is 0 Å². The number of hydrogen-bond acceptors (Lipinski definition) is 3. The lowest BCUT2D eigenvalue weighted by Gasteiger charge is -2.38. The van der Waals surface area contributed by atoms with Crippen LogP contribution in [0.5, 0.6) is 0 Å². The fourth-order valence-corrected chi connectivity index (χ4v) is 6.51. The number of esters is 1. The Morgan fingerprint density at radius 3 is 1.41 bits per heavy atom. The Balaban J connectivity index is 0.000000226. The predicted octanol–water partition coefficient (Wildman–Crippen LogP) is 9.12. The summed E-state index contributed by atoms with van der Waals surface area (Å²) in [5.74, 6) is 0.623. The van der Waals surface area contributed by atoms with Crippen LogP contribution < -0.4 is 0 Å². The van der Waals surface area contributed by atoms with Gasteiger partial charge in [-0.05, 0) is 96.3 Å². The van der Waals surface area contributed by atoms with Gasteiger partial charge in [0.1, 0.15) is 0 Å². The van der Waals surface area contributed by atoms with Gasteiger partial charge in [-0.1, -0.05) is 104 Å². The Labute approximate surface area is 249 Å². The smallest absolute Gasteiger partial charge is 0.316 e. The second kappa shape index (κ2) is 12.7. The van der Waals surface area contributed by atoms with E-state index in [4.69, 9.17) is 4.74 Å². The fourth-order valence-electron chi connectivity index (χ4n) is 6.51. The number of aliphatic carboxylic acids is 1. The summed E-state index contributed by atoms with van der Waals surface area (Å²) in [6.07, 6.45) is 7.51. The minimum absolute atomic E-state index is 0.0532. The van der Waals surface area contributed by atoms with E-state index in [1.54, 1.807) is 0 Å². The molecule has 2 fully saturated rings. The number of carbonyl (C=O) groups is 2. The monoisotopic (exact) mass is 562 g/mol. The molecule has 0 radical (unpaired) electrons. The maximum Gasteiger partial charge on any atom is 0.316 e. The SMILES string of the molecule is CC1CCC(C(=O)O)(c2cccc(C(C)(C)C)c2)CC1.COC(=O)C1(c2cccc(C(C)(C)C)c2)CCC(C)CC1. The molecule has 0 atom stereocenters. The summed E-state index contributed by atoms with van der Waals surface area (Å²) in [6, 6.07) is 16.8. The van der Waals surface area contributed by atoms with Gasteiger partial charge >= 0.3 is 11.9 Å². The van der Waals surface area contributed by atoms with Gasteiger partial charge in [-0.15, -0.1) is 0 Å². The zero-order valence-corrected chi connectivity index (χ0v) is 27.1. The average Bonchev–Trinajstić information content (AvgIpc) is 2.93. The highest BCUT2D eigenvalue weighted by atomic mass is 16.5. The largest absolute Gasteiger partial charge is 0.481 e. The first-order chi connectivity index (χ1) is 19.0. The third kappa shape index (κ3) is 7.43. The van der Waals surface area contributed by atoms with Crippen LogP contribution >= 0.6 is 0 Å². The normalized spacial score (nSPS) is 26.9. The van der Waals surface area contributed by atoms with Gasteiger partial charge < -0.3 is 9.84 Å². The van der Waals surface area contributed by atoms with Crippen molar-refractivity contribution in [1.82, 2.24) is 0 Å². The molecule has 4 heteroatoms. The Morgan fingerprint density at radius 1 is 0.707 bits per heavy atom. The van der Waals surface area contributed by atoms with Crippen molar-refractivity contribution < 1.29 is 19.4 Å². The van der Waals surface area contributed by atoms with E-state index in [1.807, 2.05) is 12.1 Å². The zero-order chi connectivity index (χ0) is 30.6. The average molecular weight is 563 g/mol. The van der Waals surface area contributed by atoms with Crippen LogP contribution in [0.1, 0.15) is 129 Å². The van der Waals surface area contributed by atoms with E-state index < -0.39 is 16.8 Å². The molecule has 41 heavy (non-hydrogen) atoms. The van der Waals surface area contributed by atoms with Crippen LogP contribution in [0, 0.1) is 11.8 Å². The first-order valence-electron chi connectivity index (χ1n) is 15.6. The third-order valence-corrected chi connectivity index (χ3v) is 9.80. The molecule has 1 N–H and O–H groups in total. The van der Waals surface area contributed by atoms with Crippen LogP contribution in [0.25, 0.3) is 0 Å². The van der Waals surface area contributed by atoms with Gasteiger partial charge in [-0.2, -0.15) is 0 Å². The molecular formula is C37H54O4. The van der Waals surface area contributed by atoms with Gasteiger partial charge in [0.05, 0.1) is 17.9 Å². The molecule has 2 aliphatic carbocycles. The van der Waals surface area contributed by atoms with Crippen molar-refractivity contribution in [3.05, 3.63) is 70.8 Å². The second-order valence-electron chi connectivity index (χ2n) is 15.0. The molecule has 0 aromatic heterocycles. The molecule has 226 valence electrons. The van der Waals surface area contributed by atoms with E-state index in [9.17, 15) is 14.7 Å². The lowest BCUT2D eigenvalue weighted by atomic mass is 9.66. The molecule has 2 aliphatic rings. The van der Waals surface area contributed by atoms with Gasteiger partial charge in [-0.3, -0.25) is 9.59 Å². The first kappa shape index (κ1) is 32.9. The quantitative estimate of drug-likeness (QED) is 0.377. The highest BCUT2D eigenvalue weighted by molar-refractivity contribution is 5.83. The molecule has 4 nitrogen and oxygen atoms in total. The van der Waals surface area contributed by atoms with Gasteiger partial charge in [0.25, 0.3) is 0 Å². The Hall–Kier alpha value is -2.62. The fraction of sp³-hybridized carbons (Fsp3) is 0.622. The number of hydrogen-bond donors (Lipinski definition) is 1. The van der Waals surface area contributed by atoms with E-state index in [-0.39, 0.29) is 16.8 Å². The lowest BCUT2D eigenvalue weighted by Crippen LogP contribution is -2.40. The van der Waals surface area contributed by atoms with E-state index >= 15 is 0 Å². The minimum Gasteiger partial charge on any atom is -0.481 e. The molecule has 2 aromatic rings. The lowest BCUT2D eigenvalue weighted by molar-refractivity contribution is -0.149. The van der Waals surface area contributed by atoms with Crippen LogP contribution in [-0.2, 0) is 36.0 Å². The summed E-state index contributed by atoms with van der Waals surface area (Å²) >= 11 is 0. The number of carboxylic acids is 1. The van der Waals surface area contributed by atoms with Gasteiger partial charge in [0.2, 0.25) is 0 Å². The van der Waals surface area contributed by atoms with Gasteiger partial charge in [0, 0.05) is 0 Å². The van der Waals surface area contributed by atoms with Crippen LogP contribution in [0.4, 0.5) is 0 Å². The number of carbonyl (C=O) groups excluding carboxylic acids is 1. The molecule has 2 saturated carbocycles. The van der Waals surface area contributed by atoms with Crippen molar-refractivity contribution in [2.75, 3.05) is 7.11 Å². The Morgan fingerprint density at radius 2 is 1.07 bits per heavy atom. The molecule has 0 heterocycles. The van der Waals surface area contributed by atoms with Crippen LogP contribution in [0.3, 0.4) is 0 Å². The van der Waals surface area contributed by atoms with Gasteiger partial charge in [0.15, 0.2) is 0 Å². The highest BCUT2D eigenvalue weighted by Crippen LogP contribution is 2.44. The molecule has 0 aliphatic heterocycles. The predicted molar refractivity (Wildman–Crippen MR) is 169 cm³/mol. The zero-order valence-electron chi connectivity index (χ0n) is 27.1. The Kier molecular flexibility index (Phi) is 10.2. The summed E-state index contributed by atoms with van der Waals surface area (Å²) in [5, 5.41) is 9.82. The summed E-state index contributed by atoms with van der Waals surface area (Å²) < 4.78 is 5.17. The molecule has 0 unspecified atom stereocenters. The van der Waals surface area contributed by atoms with Crippen molar-refractivity contribution in [2.24, 2.45) is 11.8 Å². The van der Waals surface area contributed by atoms with E-state index in [0.717, 1.165) is 62.5 Å². The molecule has 0 saturated heterocycles. The van der Waals surface area contributed by atoms with E-state index in [1.165, 1.54) is 18.2 Å². The van der Waals surface area contributed by atoms with Gasteiger partial charge in [-0.25, -0.2) is 0 Å². The van der Waals surface area contributed by atoms with Crippen LogP contribution in [-0.4, -0.2) is 24.2 Å². The number of benzene rings is 2. The number of carboxylic acid groups (broad SMARTS) is 1. The van der Waals surface area contributed by atoms with Crippen molar-refractivity contribution in [3.8, 4) is 0 Å². The molecule has 2 aromatic carbocycles. The number of methoxy groups -OCH3 is 1. The number of ether oxygens (including phenoxy) is 1. The van der Waals surface area contributed by atoms with Crippen LogP contribution in [0.15, 0.2) is 48.5 Å². The summed E-state index contributed by atoms with van der Waals surface area (Å²) in [7, 11) is 1.51. The Bertz CT molecular complexity index is 1180. The maximum absolute atomic E-state index is 12.5. The minimum atomic E-state index is -0.673. The van der Waals surface area contributed by atoms with Crippen molar-refractivity contribution in [3.63, 3.8) is 0 Å². The van der Waals surface area contributed by atoms with Crippen molar-refractivity contribution in [1.29, 1.82) is 0 Å². The third-order valence-electron chi connectivity index (χ3n) is 9.80. The summed E-state index contributed by atoms with van der Waals surface area (Å²) in [5.41, 5.74) is 3.65. The number of rotatable bonds is 4.